The molecule has 0 radical (unpaired) electrons. The molecular weight excluding hydrogens is 254 g/mol. The van der Waals surface area contributed by atoms with E-state index in [9.17, 15) is 9.90 Å². The number of hydrogen-bond donors (Lipinski definition) is 1. The Bertz CT molecular complexity index is 412. The van der Waals surface area contributed by atoms with Gasteiger partial charge in [0.15, 0.2) is 6.61 Å². The van der Waals surface area contributed by atoms with E-state index in [4.69, 9.17) is 4.74 Å². The van der Waals surface area contributed by atoms with Crippen molar-refractivity contribution < 1.29 is 14.6 Å². The fraction of sp³-hybridized carbons (Fsp3) is 0.562. The number of benzene rings is 1. The molecule has 0 spiro atoms. The molecule has 0 fully saturated rings. The van der Waals surface area contributed by atoms with E-state index in [1.807, 2.05) is 38.1 Å². The molecule has 0 saturated heterocycles. The van der Waals surface area contributed by atoms with Gasteiger partial charge >= 0.3 is 0 Å². The fourth-order valence-electron chi connectivity index (χ4n) is 1.93. The molecule has 4 nitrogen and oxygen atoms in total. The van der Waals surface area contributed by atoms with E-state index < -0.39 is 6.10 Å². The molecule has 1 N–H and O–H groups in total. The van der Waals surface area contributed by atoms with Crippen LogP contribution in [0.3, 0.4) is 0 Å². The Labute approximate surface area is 121 Å². The zero-order valence-electron chi connectivity index (χ0n) is 12.8. The Kier molecular flexibility index (Phi) is 6.52. The lowest BCUT2D eigenvalue weighted by molar-refractivity contribution is -0.136. The highest BCUT2D eigenvalue weighted by atomic mass is 16.5. The van der Waals surface area contributed by atoms with Gasteiger partial charge in [0.1, 0.15) is 5.75 Å². The number of carbonyl (C=O) groups excluding carboxylic acids is 1. The van der Waals surface area contributed by atoms with Crippen LogP contribution in [0.5, 0.6) is 5.75 Å². The third-order valence-electron chi connectivity index (χ3n) is 3.10. The molecule has 1 rings (SSSR count). The Hall–Kier alpha value is -1.55. The van der Waals surface area contributed by atoms with Gasteiger partial charge < -0.3 is 14.7 Å². The lowest BCUT2D eigenvalue weighted by Gasteiger charge is -2.27. The third kappa shape index (κ3) is 5.21. The normalized spacial score (nSPS) is 12.3. The lowest BCUT2D eigenvalue weighted by atomic mass is 10.2. The van der Waals surface area contributed by atoms with Crippen LogP contribution in [0.4, 0.5) is 0 Å². The van der Waals surface area contributed by atoms with Crippen LogP contribution in [-0.4, -0.2) is 41.2 Å². The highest BCUT2D eigenvalue weighted by Crippen LogP contribution is 2.13. The van der Waals surface area contributed by atoms with E-state index >= 15 is 0 Å². The van der Waals surface area contributed by atoms with Gasteiger partial charge in [0, 0.05) is 12.6 Å². The number of nitrogens with zero attached hydrogens (tertiary/aromatic N) is 1. The van der Waals surface area contributed by atoms with E-state index in [-0.39, 0.29) is 18.6 Å². The summed E-state index contributed by atoms with van der Waals surface area (Å²) in [6.07, 6.45) is 0.444. The average Bonchev–Trinajstić information content (AvgIpc) is 2.42. The molecule has 0 aromatic heterocycles. The van der Waals surface area contributed by atoms with Gasteiger partial charge in [-0.25, -0.2) is 0 Å². The summed E-state index contributed by atoms with van der Waals surface area (Å²) in [6.45, 7) is 7.95. The van der Waals surface area contributed by atoms with E-state index in [1.165, 1.54) is 5.56 Å². The summed E-state index contributed by atoms with van der Waals surface area (Å²) in [5, 5.41) is 9.43. The van der Waals surface area contributed by atoms with Crippen molar-refractivity contribution in [2.45, 2.75) is 46.3 Å². The first kappa shape index (κ1) is 16.5. The molecule has 1 aromatic carbocycles. The van der Waals surface area contributed by atoms with Gasteiger partial charge in [0.05, 0.1) is 6.10 Å². The van der Waals surface area contributed by atoms with Crippen LogP contribution in [0.2, 0.25) is 0 Å². The van der Waals surface area contributed by atoms with Gasteiger partial charge in [-0.05, 0) is 44.9 Å². The predicted molar refractivity (Wildman–Crippen MR) is 79.8 cm³/mol. The summed E-state index contributed by atoms with van der Waals surface area (Å²) < 4.78 is 5.51. The van der Waals surface area contributed by atoms with Crippen LogP contribution < -0.4 is 4.74 Å². The third-order valence-corrected chi connectivity index (χ3v) is 3.10. The summed E-state index contributed by atoms with van der Waals surface area (Å²) in [4.78, 5) is 13.7. The first-order chi connectivity index (χ1) is 9.43. The van der Waals surface area contributed by atoms with Gasteiger partial charge in [0.25, 0.3) is 5.91 Å². The highest BCUT2D eigenvalue weighted by Gasteiger charge is 2.19. The second kappa shape index (κ2) is 7.90. The number of aliphatic hydroxyl groups excluding tert-OH is 1. The second-order valence-corrected chi connectivity index (χ2v) is 5.28. The van der Waals surface area contributed by atoms with E-state index in [0.29, 0.717) is 12.3 Å². The molecule has 1 atom stereocenters. The standard InChI is InChI=1S/C16H25NO3/c1-5-14-6-8-15(9-7-14)20-11-16(19)17(12(2)3)10-13(4)18/h6-9,12-13,18H,5,10-11H2,1-4H3. The molecule has 112 valence electrons. The minimum atomic E-state index is -0.537. The van der Waals surface area contributed by atoms with Gasteiger partial charge in [-0.1, -0.05) is 19.1 Å². The molecule has 4 heteroatoms. The number of ether oxygens (including phenoxy) is 1. The van der Waals surface area contributed by atoms with Crippen LogP contribution in [0.1, 0.15) is 33.3 Å². The summed E-state index contributed by atoms with van der Waals surface area (Å²) in [5.74, 6) is 0.580. The van der Waals surface area contributed by atoms with Crippen LogP contribution >= 0.6 is 0 Å². The summed E-state index contributed by atoms with van der Waals surface area (Å²) in [5.41, 5.74) is 1.24. The second-order valence-electron chi connectivity index (χ2n) is 5.28. The topological polar surface area (TPSA) is 49.8 Å². The SMILES string of the molecule is CCc1ccc(OCC(=O)N(CC(C)O)C(C)C)cc1. The van der Waals surface area contributed by atoms with Crippen LogP contribution in [0, 0.1) is 0 Å². The lowest BCUT2D eigenvalue weighted by Crippen LogP contribution is -2.43. The van der Waals surface area contributed by atoms with Crippen molar-refractivity contribution in [2.24, 2.45) is 0 Å². The first-order valence-corrected chi connectivity index (χ1v) is 7.13. The number of rotatable bonds is 7. The zero-order chi connectivity index (χ0) is 15.1. The maximum absolute atomic E-state index is 12.1. The van der Waals surface area contributed by atoms with Crippen molar-refractivity contribution in [3.63, 3.8) is 0 Å². The monoisotopic (exact) mass is 279 g/mol. The van der Waals surface area contributed by atoms with Crippen molar-refractivity contribution in [3.8, 4) is 5.75 Å². The molecule has 0 bridgehead atoms. The minimum Gasteiger partial charge on any atom is -0.484 e. The smallest absolute Gasteiger partial charge is 0.260 e. The molecule has 1 amide bonds. The van der Waals surface area contributed by atoms with Gasteiger partial charge in [-0.3, -0.25) is 4.79 Å². The van der Waals surface area contributed by atoms with E-state index in [1.54, 1.807) is 11.8 Å². The van der Waals surface area contributed by atoms with Crippen LogP contribution in [-0.2, 0) is 11.2 Å². The molecular formula is C16H25NO3. The Morgan fingerprint density at radius 2 is 1.85 bits per heavy atom. The maximum Gasteiger partial charge on any atom is 0.260 e. The van der Waals surface area contributed by atoms with Gasteiger partial charge in [-0.2, -0.15) is 0 Å². The number of hydrogen-bond acceptors (Lipinski definition) is 3. The molecule has 0 heterocycles. The van der Waals surface area contributed by atoms with Crippen LogP contribution in [0.25, 0.3) is 0 Å². The molecule has 0 aliphatic rings. The Morgan fingerprint density at radius 1 is 1.25 bits per heavy atom. The molecule has 1 aromatic rings. The number of aliphatic hydroxyl groups is 1. The molecule has 0 aliphatic carbocycles. The van der Waals surface area contributed by atoms with Gasteiger partial charge in [0.2, 0.25) is 0 Å². The molecule has 0 aliphatic heterocycles. The minimum absolute atomic E-state index is 0.00360. The first-order valence-electron chi connectivity index (χ1n) is 7.13. The van der Waals surface area contributed by atoms with Crippen molar-refractivity contribution in [2.75, 3.05) is 13.2 Å². The molecule has 0 saturated carbocycles. The van der Waals surface area contributed by atoms with Crippen molar-refractivity contribution in [1.82, 2.24) is 4.90 Å². The largest absolute Gasteiger partial charge is 0.484 e. The number of amides is 1. The van der Waals surface area contributed by atoms with Gasteiger partial charge in [-0.15, -0.1) is 0 Å². The zero-order valence-corrected chi connectivity index (χ0v) is 12.8. The van der Waals surface area contributed by atoms with E-state index in [0.717, 1.165) is 6.42 Å². The number of carbonyl (C=O) groups is 1. The average molecular weight is 279 g/mol. The molecule has 1 unspecified atom stereocenters. The Morgan fingerprint density at radius 3 is 2.30 bits per heavy atom. The number of aryl methyl sites for hydroxylation is 1. The quantitative estimate of drug-likeness (QED) is 0.833. The summed E-state index contributed by atoms with van der Waals surface area (Å²) >= 11 is 0. The maximum atomic E-state index is 12.1. The van der Waals surface area contributed by atoms with Crippen molar-refractivity contribution in [1.29, 1.82) is 0 Å². The molecule has 20 heavy (non-hydrogen) atoms. The van der Waals surface area contributed by atoms with Crippen molar-refractivity contribution >= 4 is 5.91 Å². The predicted octanol–water partition coefficient (Wildman–Crippen LogP) is 2.25. The van der Waals surface area contributed by atoms with Crippen LogP contribution in [0.15, 0.2) is 24.3 Å². The summed E-state index contributed by atoms with van der Waals surface area (Å²) in [6, 6.07) is 7.79. The fourth-order valence-corrected chi connectivity index (χ4v) is 1.93. The summed E-state index contributed by atoms with van der Waals surface area (Å²) in [7, 11) is 0. The van der Waals surface area contributed by atoms with Crippen molar-refractivity contribution in [3.05, 3.63) is 29.8 Å². The highest BCUT2D eigenvalue weighted by molar-refractivity contribution is 5.78. The Balaban J connectivity index is 2.55. The van der Waals surface area contributed by atoms with E-state index in [2.05, 4.69) is 6.92 Å².